The van der Waals surface area contributed by atoms with E-state index in [0.717, 1.165) is 44.4 Å². The van der Waals surface area contributed by atoms with Crippen LogP contribution in [-0.2, 0) is 16.1 Å². The summed E-state index contributed by atoms with van der Waals surface area (Å²) in [7, 11) is 0. The van der Waals surface area contributed by atoms with Gasteiger partial charge in [0.05, 0.1) is 41.3 Å². The Hall–Kier alpha value is -5.02. The van der Waals surface area contributed by atoms with E-state index in [4.69, 9.17) is 20.2 Å². The standard InChI is InChI=1S/C36H34FN5O3/c1-23-12-14-39-34(33(23)38)26-10-11-30-28(19-26)35(29(20-40-30)25-8-5-9-27(37)18-25)41-15-13-31-32(21-41)44-17-16-42(31)36(43)45-22-24-6-3-2-4-7-24/h2-12,14,18-20,31-32H,13,15-17,21-22,38H2,1H3/t31-,32-/m0/s1. The van der Waals surface area contributed by atoms with Crippen molar-refractivity contribution in [1.29, 1.82) is 0 Å². The summed E-state index contributed by atoms with van der Waals surface area (Å²) >= 11 is 0. The van der Waals surface area contributed by atoms with E-state index in [2.05, 4.69) is 16.0 Å². The number of aryl methyl sites for hydroxylation is 1. The summed E-state index contributed by atoms with van der Waals surface area (Å²) < 4.78 is 26.5. The molecule has 0 radical (unpaired) electrons. The number of ether oxygens (including phenoxy) is 2. The van der Waals surface area contributed by atoms with E-state index in [9.17, 15) is 9.18 Å². The quantitative estimate of drug-likeness (QED) is 0.242. The molecule has 7 rings (SSSR count). The number of fused-ring (bicyclic) bond motifs is 2. The highest BCUT2D eigenvalue weighted by molar-refractivity contribution is 6.02. The first kappa shape index (κ1) is 28.7. The Labute approximate surface area is 261 Å². The van der Waals surface area contributed by atoms with Crippen LogP contribution in [0, 0.1) is 12.7 Å². The smallest absolute Gasteiger partial charge is 0.410 e. The molecule has 1 amide bonds. The highest BCUT2D eigenvalue weighted by atomic mass is 19.1. The Bertz CT molecular complexity index is 1870. The van der Waals surface area contributed by atoms with Crippen molar-refractivity contribution in [3.05, 3.63) is 108 Å². The van der Waals surface area contributed by atoms with Gasteiger partial charge in [0.15, 0.2) is 0 Å². The van der Waals surface area contributed by atoms with Gasteiger partial charge in [-0.1, -0.05) is 48.5 Å². The number of hydrogen-bond acceptors (Lipinski definition) is 7. The van der Waals surface area contributed by atoms with Crippen LogP contribution in [0.4, 0.5) is 20.6 Å². The molecule has 45 heavy (non-hydrogen) atoms. The van der Waals surface area contributed by atoms with Crippen molar-refractivity contribution in [2.45, 2.75) is 32.1 Å². The third-order valence-electron chi connectivity index (χ3n) is 8.80. The average Bonchev–Trinajstić information content (AvgIpc) is 3.07. The number of carbonyl (C=O) groups is 1. The Morgan fingerprint density at radius 2 is 1.89 bits per heavy atom. The number of morpholine rings is 1. The predicted molar refractivity (Wildman–Crippen MR) is 173 cm³/mol. The molecule has 4 heterocycles. The van der Waals surface area contributed by atoms with E-state index in [1.165, 1.54) is 12.1 Å². The molecule has 0 saturated carbocycles. The number of nitrogen functional groups attached to an aromatic ring is 1. The summed E-state index contributed by atoms with van der Waals surface area (Å²) in [5.41, 5.74) is 13.9. The van der Waals surface area contributed by atoms with E-state index < -0.39 is 0 Å². The van der Waals surface area contributed by atoms with Crippen LogP contribution in [0.1, 0.15) is 17.5 Å². The molecule has 2 aliphatic heterocycles. The second-order valence-electron chi connectivity index (χ2n) is 11.6. The number of hydrogen-bond donors (Lipinski definition) is 1. The molecule has 2 aliphatic rings. The monoisotopic (exact) mass is 603 g/mol. The van der Waals surface area contributed by atoms with E-state index in [-0.39, 0.29) is 30.7 Å². The molecular formula is C36H34FN5O3. The van der Waals surface area contributed by atoms with Gasteiger partial charge >= 0.3 is 6.09 Å². The first-order chi connectivity index (χ1) is 22.0. The Morgan fingerprint density at radius 1 is 1.02 bits per heavy atom. The topological polar surface area (TPSA) is 93.8 Å². The predicted octanol–water partition coefficient (Wildman–Crippen LogP) is 6.61. The van der Waals surface area contributed by atoms with Gasteiger partial charge in [0.25, 0.3) is 0 Å². The molecule has 2 fully saturated rings. The zero-order valence-corrected chi connectivity index (χ0v) is 25.0. The molecule has 0 spiro atoms. The number of halogens is 1. The summed E-state index contributed by atoms with van der Waals surface area (Å²) in [4.78, 5) is 26.7. The molecule has 0 unspecified atom stereocenters. The van der Waals surface area contributed by atoms with Crippen molar-refractivity contribution < 1.29 is 18.7 Å². The highest BCUT2D eigenvalue weighted by Crippen LogP contribution is 2.41. The van der Waals surface area contributed by atoms with Crippen LogP contribution in [0.15, 0.2) is 91.3 Å². The lowest BCUT2D eigenvalue weighted by molar-refractivity contribution is -0.0709. The molecule has 0 bridgehead atoms. The third-order valence-corrected chi connectivity index (χ3v) is 8.80. The number of nitrogens with zero attached hydrogens (tertiary/aromatic N) is 4. The van der Waals surface area contributed by atoms with Crippen molar-refractivity contribution in [2.24, 2.45) is 0 Å². The number of aromatic nitrogens is 2. The largest absolute Gasteiger partial charge is 0.445 e. The molecule has 5 aromatic rings. The summed E-state index contributed by atoms with van der Waals surface area (Å²) in [5, 5.41) is 0.908. The van der Waals surface area contributed by atoms with Crippen molar-refractivity contribution in [3.63, 3.8) is 0 Å². The van der Waals surface area contributed by atoms with Crippen LogP contribution >= 0.6 is 0 Å². The van der Waals surface area contributed by atoms with Gasteiger partial charge in [0, 0.05) is 48.5 Å². The molecule has 2 aromatic heterocycles. The number of rotatable bonds is 5. The number of pyridine rings is 2. The fourth-order valence-corrected chi connectivity index (χ4v) is 6.46. The second kappa shape index (κ2) is 12.2. The maximum atomic E-state index is 14.5. The lowest BCUT2D eigenvalue weighted by Gasteiger charge is -2.47. The lowest BCUT2D eigenvalue weighted by Crippen LogP contribution is -2.60. The van der Waals surface area contributed by atoms with Crippen molar-refractivity contribution >= 4 is 28.4 Å². The normalized spacial score (nSPS) is 18.1. The van der Waals surface area contributed by atoms with Gasteiger partial charge in [-0.3, -0.25) is 9.97 Å². The minimum Gasteiger partial charge on any atom is -0.445 e. The molecular weight excluding hydrogens is 569 g/mol. The first-order valence-corrected chi connectivity index (χ1v) is 15.2. The van der Waals surface area contributed by atoms with E-state index in [1.807, 2.05) is 72.6 Å². The van der Waals surface area contributed by atoms with Crippen LogP contribution in [0.5, 0.6) is 0 Å². The Morgan fingerprint density at radius 3 is 2.73 bits per heavy atom. The van der Waals surface area contributed by atoms with Crippen molar-refractivity contribution in [1.82, 2.24) is 14.9 Å². The minimum atomic E-state index is -0.326. The molecule has 0 aliphatic carbocycles. The van der Waals surface area contributed by atoms with Crippen LogP contribution in [0.25, 0.3) is 33.3 Å². The molecule has 2 saturated heterocycles. The first-order valence-electron chi connectivity index (χ1n) is 15.2. The van der Waals surface area contributed by atoms with Crippen LogP contribution in [-0.4, -0.2) is 59.3 Å². The second-order valence-corrected chi connectivity index (χ2v) is 11.6. The van der Waals surface area contributed by atoms with E-state index in [0.29, 0.717) is 44.0 Å². The molecule has 8 nitrogen and oxygen atoms in total. The van der Waals surface area contributed by atoms with E-state index in [1.54, 1.807) is 12.3 Å². The van der Waals surface area contributed by atoms with Gasteiger partial charge in [0.1, 0.15) is 12.4 Å². The summed E-state index contributed by atoms with van der Waals surface area (Å²) in [6, 6.07) is 24.1. The zero-order chi connectivity index (χ0) is 30.9. The number of piperidine rings is 1. The van der Waals surface area contributed by atoms with Crippen LogP contribution < -0.4 is 10.6 Å². The summed E-state index contributed by atoms with van der Waals surface area (Å²) in [6.45, 7) is 4.30. The fraction of sp³-hybridized carbons (Fsp3) is 0.250. The minimum absolute atomic E-state index is 0.115. The average molecular weight is 604 g/mol. The molecule has 2 N–H and O–H groups in total. The van der Waals surface area contributed by atoms with Crippen LogP contribution in [0.2, 0.25) is 0 Å². The molecule has 228 valence electrons. The van der Waals surface area contributed by atoms with Crippen molar-refractivity contribution in [2.75, 3.05) is 36.9 Å². The zero-order valence-electron chi connectivity index (χ0n) is 25.0. The number of carbonyl (C=O) groups excluding carboxylic acids is 1. The maximum Gasteiger partial charge on any atom is 0.410 e. The SMILES string of the molecule is Cc1ccnc(-c2ccc3ncc(-c4cccc(F)c4)c(N4CC[C@H]5[C@H](C4)OCCN5C(=O)OCc4ccccc4)c3c2)c1N. The fourth-order valence-electron chi connectivity index (χ4n) is 6.46. The number of anilines is 2. The molecule has 9 heteroatoms. The van der Waals surface area contributed by atoms with Gasteiger partial charge in [0.2, 0.25) is 0 Å². The maximum absolute atomic E-state index is 14.5. The van der Waals surface area contributed by atoms with Crippen LogP contribution in [0.3, 0.4) is 0 Å². The molecule has 2 atom stereocenters. The number of benzene rings is 3. The number of amides is 1. The van der Waals surface area contributed by atoms with Gasteiger partial charge in [-0.2, -0.15) is 0 Å². The van der Waals surface area contributed by atoms with Gasteiger partial charge in [-0.25, -0.2) is 9.18 Å². The molecule has 3 aromatic carbocycles. The highest BCUT2D eigenvalue weighted by Gasteiger charge is 2.40. The van der Waals surface area contributed by atoms with Gasteiger partial charge in [-0.05, 0) is 60.4 Å². The van der Waals surface area contributed by atoms with Gasteiger partial charge < -0.3 is 25.0 Å². The summed E-state index contributed by atoms with van der Waals surface area (Å²) in [6.07, 6.45) is 3.71. The van der Waals surface area contributed by atoms with Gasteiger partial charge in [-0.15, -0.1) is 0 Å². The van der Waals surface area contributed by atoms with E-state index >= 15 is 0 Å². The Balaban J connectivity index is 1.24. The van der Waals surface area contributed by atoms with Crippen molar-refractivity contribution in [3.8, 4) is 22.4 Å². The number of nitrogens with two attached hydrogens (primary N) is 1. The lowest BCUT2D eigenvalue weighted by atomic mass is 9.94. The third kappa shape index (κ3) is 5.67. The summed E-state index contributed by atoms with van der Waals surface area (Å²) in [5.74, 6) is -0.317. The Kier molecular flexibility index (Phi) is 7.77.